The van der Waals surface area contributed by atoms with E-state index in [1.165, 1.54) is 23.5 Å². The molecule has 3 aromatic rings. The summed E-state index contributed by atoms with van der Waals surface area (Å²) >= 11 is 7.56. The normalized spacial score (nSPS) is 11.8. The van der Waals surface area contributed by atoms with Gasteiger partial charge in [-0.15, -0.1) is 11.3 Å². The minimum Gasteiger partial charge on any atom is -0.435 e. The van der Waals surface area contributed by atoms with Gasteiger partial charge in [0.2, 0.25) is 0 Å². The van der Waals surface area contributed by atoms with Crippen molar-refractivity contribution in [2.75, 3.05) is 0 Å². The topological polar surface area (TPSA) is 50.7 Å². The van der Waals surface area contributed by atoms with Crippen molar-refractivity contribution in [2.24, 2.45) is 5.10 Å². The van der Waals surface area contributed by atoms with Gasteiger partial charge in [-0.05, 0) is 42.8 Å². The fourth-order valence-electron chi connectivity index (χ4n) is 2.29. The minimum atomic E-state index is -2.87. The van der Waals surface area contributed by atoms with Crippen LogP contribution in [0.5, 0.6) is 5.75 Å². The Labute approximate surface area is 157 Å². The first-order valence-corrected chi connectivity index (χ1v) is 8.72. The van der Waals surface area contributed by atoms with E-state index in [4.69, 9.17) is 11.6 Å². The van der Waals surface area contributed by atoms with Crippen LogP contribution in [-0.2, 0) is 0 Å². The zero-order valence-corrected chi connectivity index (χ0v) is 15.1. The highest BCUT2D eigenvalue weighted by Crippen LogP contribution is 2.34. The molecule has 4 nitrogen and oxygen atoms in total. The number of benzene rings is 2. The Bertz CT molecular complexity index is 971. The molecule has 0 saturated heterocycles. The van der Waals surface area contributed by atoms with Gasteiger partial charge < -0.3 is 4.74 Å². The Morgan fingerprint density at radius 3 is 2.54 bits per heavy atom. The second kappa shape index (κ2) is 7.80. The molecule has 1 amide bonds. The van der Waals surface area contributed by atoms with Crippen molar-refractivity contribution in [1.29, 1.82) is 0 Å². The van der Waals surface area contributed by atoms with Crippen LogP contribution in [0.1, 0.15) is 22.2 Å². The van der Waals surface area contributed by atoms with Crippen molar-refractivity contribution in [3.05, 3.63) is 64.0 Å². The molecule has 134 valence electrons. The van der Waals surface area contributed by atoms with E-state index in [9.17, 15) is 13.6 Å². The fraction of sp³-hybridized carbons (Fsp3) is 0.111. The van der Waals surface area contributed by atoms with Crippen LogP contribution in [0.15, 0.2) is 53.6 Å². The number of hydrazone groups is 1. The Balaban J connectivity index is 1.73. The first-order valence-electron chi connectivity index (χ1n) is 7.52. The molecule has 1 heterocycles. The summed E-state index contributed by atoms with van der Waals surface area (Å²) in [5.74, 6) is -0.356. The van der Waals surface area contributed by atoms with Crippen molar-refractivity contribution in [2.45, 2.75) is 13.5 Å². The van der Waals surface area contributed by atoms with E-state index in [0.29, 0.717) is 21.2 Å². The monoisotopic (exact) mass is 394 g/mol. The molecule has 0 aliphatic carbocycles. The van der Waals surface area contributed by atoms with Crippen LogP contribution >= 0.6 is 22.9 Å². The number of carbonyl (C=O) groups is 1. The number of halogens is 3. The third-order valence-corrected chi connectivity index (χ3v) is 5.24. The molecule has 0 spiro atoms. The number of ether oxygens (including phenoxy) is 1. The van der Waals surface area contributed by atoms with Crippen molar-refractivity contribution in [1.82, 2.24) is 5.43 Å². The number of hydrogen-bond acceptors (Lipinski definition) is 4. The van der Waals surface area contributed by atoms with Gasteiger partial charge in [-0.1, -0.05) is 29.8 Å². The number of nitrogens with one attached hydrogen (secondary N) is 1. The third-order valence-electron chi connectivity index (χ3n) is 3.56. The molecule has 2 aromatic carbocycles. The lowest BCUT2D eigenvalue weighted by Gasteiger charge is -2.06. The second-order valence-electron chi connectivity index (χ2n) is 5.28. The lowest BCUT2D eigenvalue weighted by atomic mass is 10.1. The van der Waals surface area contributed by atoms with Gasteiger partial charge in [-0.25, -0.2) is 5.43 Å². The van der Waals surface area contributed by atoms with Gasteiger partial charge in [-0.3, -0.25) is 4.79 Å². The van der Waals surface area contributed by atoms with Gasteiger partial charge in [0.1, 0.15) is 10.6 Å². The second-order valence-corrected chi connectivity index (χ2v) is 6.71. The molecule has 0 saturated carbocycles. The van der Waals surface area contributed by atoms with Crippen LogP contribution in [-0.4, -0.2) is 18.2 Å². The number of rotatable bonds is 5. The van der Waals surface area contributed by atoms with Crippen molar-refractivity contribution in [3.63, 3.8) is 0 Å². The third kappa shape index (κ3) is 4.00. The average Bonchev–Trinajstić information content (AvgIpc) is 2.97. The number of fused-ring (bicyclic) bond motifs is 1. The predicted octanol–water partition coefficient (Wildman–Crippen LogP) is 5.31. The summed E-state index contributed by atoms with van der Waals surface area (Å²) < 4.78 is 29.5. The van der Waals surface area contributed by atoms with Crippen molar-refractivity contribution in [3.8, 4) is 5.75 Å². The largest absolute Gasteiger partial charge is 0.435 e. The van der Waals surface area contributed by atoms with Gasteiger partial charge in [0.25, 0.3) is 5.91 Å². The number of hydrogen-bond donors (Lipinski definition) is 1. The summed E-state index contributed by atoms with van der Waals surface area (Å²) in [6.07, 6.45) is 0. The SMILES string of the molecule is C/C(=N/NC(=O)c1sc2ccccc2c1Cl)c1ccc(OC(F)F)cc1. The molecular weight excluding hydrogens is 382 g/mol. The molecule has 1 N–H and O–H groups in total. The molecule has 26 heavy (non-hydrogen) atoms. The first-order chi connectivity index (χ1) is 12.5. The number of alkyl halides is 2. The Kier molecular flexibility index (Phi) is 5.49. The zero-order valence-electron chi connectivity index (χ0n) is 13.5. The maximum atomic E-state index is 12.4. The predicted molar refractivity (Wildman–Crippen MR) is 99.6 cm³/mol. The average molecular weight is 395 g/mol. The molecule has 8 heteroatoms. The molecule has 0 bridgehead atoms. The zero-order chi connectivity index (χ0) is 18.7. The molecule has 1 aromatic heterocycles. The van der Waals surface area contributed by atoms with Crippen molar-refractivity contribution < 1.29 is 18.3 Å². The van der Waals surface area contributed by atoms with E-state index in [-0.39, 0.29) is 5.75 Å². The first kappa shape index (κ1) is 18.3. The molecule has 0 aliphatic heterocycles. The van der Waals surface area contributed by atoms with Crippen molar-refractivity contribution >= 4 is 44.6 Å². The molecule has 3 rings (SSSR count). The molecule has 0 atom stereocenters. The Hall–Kier alpha value is -2.51. The summed E-state index contributed by atoms with van der Waals surface area (Å²) in [6, 6.07) is 13.4. The summed E-state index contributed by atoms with van der Waals surface area (Å²) in [6.45, 7) is -1.18. The summed E-state index contributed by atoms with van der Waals surface area (Å²) in [7, 11) is 0. The minimum absolute atomic E-state index is 0.0534. The number of nitrogens with zero attached hydrogens (tertiary/aromatic N) is 1. The van der Waals surface area contributed by atoms with E-state index in [1.54, 1.807) is 19.1 Å². The Morgan fingerprint density at radius 1 is 1.19 bits per heavy atom. The Morgan fingerprint density at radius 2 is 1.88 bits per heavy atom. The van der Waals surface area contributed by atoms with Crippen LogP contribution in [0.2, 0.25) is 5.02 Å². The molecule has 0 radical (unpaired) electrons. The summed E-state index contributed by atoms with van der Waals surface area (Å²) in [5.41, 5.74) is 3.64. The lowest BCUT2D eigenvalue weighted by Crippen LogP contribution is -2.18. The smallest absolute Gasteiger partial charge is 0.387 e. The van der Waals surface area contributed by atoms with Crippen LogP contribution < -0.4 is 10.2 Å². The highest BCUT2D eigenvalue weighted by Gasteiger charge is 2.16. The summed E-state index contributed by atoms with van der Waals surface area (Å²) in [5, 5.41) is 5.26. The van der Waals surface area contributed by atoms with Gasteiger partial charge in [-0.2, -0.15) is 13.9 Å². The van der Waals surface area contributed by atoms with E-state index < -0.39 is 12.5 Å². The highest BCUT2D eigenvalue weighted by molar-refractivity contribution is 7.21. The maximum absolute atomic E-state index is 12.4. The fourth-order valence-corrected chi connectivity index (χ4v) is 3.69. The van der Waals surface area contributed by atoms with Crippen LogP contribution in [0.3, 0.4) is 0 Å². The van der Waals surface area contributed by atoms with Crippen LogP contribution in [0.4, 0.5) is 8.78 Å². The number of carbonyl (C=O) groups excluding carboxylic acids is 1. The van der Waals surface area contributed by atoms with Gasteiger partial charge >= 0.3 is 6.61 Å². The standard InChI is InChI=1S/C18H13ClF2N2O2S/c1-10(11-6-8-12(9-7-11)25-18(20)21)22-23-17(24)16-15(19)13-4-2-3-5-14(13)26-16/h2-9,18H,1H3,(H,23,24)/b22-10-. The van der Waals surface area contributed by atoms with Crippen LogP contribution in [0, 0.1) is 0 Å². The quantitative estimate of drug-likeness (QED) is 0.471. The van der Waals surface area contributed by atoms with E-state index in [2.05, 4.69) is 15.3 Å². The molecule has 0 fully saturated rings. The number of amides is 1. The van der Waals surface area contributed by atoms with E-state index in [0.717, 1.165) is 10.1 Å². The molecule has 0 aliphatic rings. The van der Waals surface area contributed by atoms with E-state index >= 15 is 0 Å². The van der Waals surface area contributed by atoms with E-state index in [1.807, 2.05) is 24.3 Å². The van der Waals surface area contributed by atoms with Crippen LogP contribution in [0.25, 0.3) is 10.1 Å². The highest BCUT2D eigenvalue weighted by atomic mass is 35.5. The lowest BCUT2D eigenvalue weighted by molar-refractivity contribution is -0.0498. The molecule has 0 unspecified atom stereocenters. The number of thiophene rings is 1. The van der Waals surface area contributed by atoms with Gasteiger partial charge in [0.15, 0.2) is 0 Å². The molecular formula is C18H13ClF2N2O2S. The van der Waals surface area contributed by atoms with Gasteiger partial charge in [0.05, 0.1) is 10.7 Å². The summed E-state index contributed by atoms with van der Waals surface area (Å²) in [4.78, 5) is 12.7. The van der Waals surface area contributed by atoms with Gasteiger partial charge in [0, 0.05) is 10.1 Å². The maximum Gasteiger partial charge on any atom is 0.387 e.